The highest BCUT2D eigenvalue weighted by molar-refractivity contribution is 5.94. The van der Waals surface area contributed by atoms with Gasteiger partial charge in [-0.1, -0.05) is 6.92 Å². The fourth-order valence-electron chi connectivity index (χ4n) is 1.55. The standard InChI is InChI=1S/C11H15N3O4/c1-4-8(11(17)18)13(2)10(16)7-5-6-9(15)14(3)12-7/h5-6,8H,4H2,1-3H3,(H,17,18). The van der Waals surface area contributed by atoms with Gasteiger partial charge in [0.1, 0.15) is 11.7 Å². The molecule has 1 N–H and O–H groups in total. The van der Waals surface area contributed by atoms with E-state index in [-0.39, 0.29) is 11.3 Å². The molecule has 18 heavy (non-hydrogen) atoms. The first-order valence-corrected chi connectivity index (χ1v) is 5.42. The molecule has 0 saturated heterocycles. The summed E-state index contributed by atoms with van der Waals surface area (Å²) in [5.74, 6) is -1.60. The number of aromatic nitrogens is 2. The van der Waals surface area contributed by atoms with Crippen LogP contribution >= 0.6 is 0 Å². The van der Waals surface area contributed by atoms with E-state index in [9.17, 15) is 14.4 Å². The Bertz CT molecular complexity index is 523. The van der Waals surface area contributed by atoms with Crippen molar-refractivity contribution in [1.82, 2.24) is 14.7 Å². The highest BCUT2D eigenvalue weighted by Gasteiger charge is 2.26. The Labute approximate surface area is 104 Å². The maximum Gasteiger partial charge on any atom is 0.326 e. The molecule has 0 aliphatic rings. The van der Waals surface area contributed by atoms with Crippen LogP contribution in [-0.4, -0.2) is 44.8 Å². The Balaban J connectivity index is 3.02. The maximum atomic E-state index is 12.0. The Morgan fingerprint density at radius 1 is 1.50 bits per heavy atom. The summed E-state index contributed by atoms with van der Waals surface area (Å²) in [4.78, 5) is 35.2. The normalized spacial score (nSPS) is 11.9. The monoisotopic (exact) mass is 253 g/mol. The fraction of sp³-hybridized carbons (Fsp3) is 0.455. The number of carboxylic acid groups (broad SMARTS) is 1. The van der Waals surface area contributed by atoms with Gasteiger partial charge in [0.15, 0.2) is 0 Å². The summed E-state index contributed by atoms with van der Waals surface area (Å²) in [5.41, 5.74) is -0.293. The molecule has 0 fully saturated rings. The lowest BCUT2D eigenvalue weighted by Gasteiger charge is -2.23. The Morgan fingerprint density at radius 2 is 2.11 bits per heavy atom. The predicted molar refractivity (Wildman–Crippen MR) is 63.3 cm³/mol. The van der Waals surface area contributed by atoms with E-state index in [1.54, 1.807) is 6.92 Å². The van der Waals surface area contributed by atoms with Crippen LogP contribution in [0.4, 0.5) is 0 Å². The second-order valence-corrected chi connectivity index (χ2v) is 3.86. The first-order chi connectivity index (χ1) is 8.38. The smallest absolute Gasteiger partial charge is 0.326 e. The van der Waals surface area contributed by atoms with E-state index >= 15 is 0 Å². The Hall–Kier alpha value is -2.18. The third-order valence-corrected chi connectivity index (χ3v) is 2.64. The van der Waals surface area contributed by atoms with Crippen LogP contribution in [-0.2, 0) is 11.8 Å². The fourth-order valence-corrected chi connectivity index (χ4v) is 1.55. The Kier molecular flexibility index (Phi) is 4.19. The lowest BCUT2D eigenvalue weighted by Crippen LogP contribution is -2.42. The average molecular weight is 253 g/mol. The summed E-state index contributed by atoms with van der Waals surface area (Å²) < 4.78 is 1.03. The van der Waals surface area contributed by atoms with Gasteiger partial charge in [-0.25, -0.2) is 9.48 Å². The van der Waals surface area contributed by atoms with E-state index < -0.39 is 17.9 Å². The molecule has 0 spiro atoms. The molecule has 1 heterocycles. The number of rotatable bonds is 4. The summed E-state index contributed by atoms with van der Waals surface area (Å²) >= 11 is 0. The van der Waals surface area contributed by atoms with Gasteiger partial charge in [0.05, 0.1) is 0 Å². The molecule has 1 amide bonds. The molecule has 0 aromatic carbocycles. The van der Waals surface area contributed by atoms with Crippen molar-refractivity contribution in [1.29, 1.82) is 0 Å². The molecule has 7 heteroatoms. The van der Waals surface area contributed by atoms with Crippen molar-refractivity contribution in [2.24, 2.45) is 7.05 Å². The SMILES string of the molecule is CCC(C(=O)O)N(C)C(=O)c1ccc(=O)n(C)n1. The first-order valence-electron chi connectivity index (χ1n) is 5.42. The van der Waals surface area contributed by atoms with Gasteiger partial charge < -0.3 is 10.0 Å². The minimum absolute atomic E-state index is 0.0410. The molecular weight excluding hydrogens is 238 g/mol. The third-order valence-electron chi connectivity index (χ3n) is 2.64. The van der Waals surface area contributed by atoms with Gasteiger partial charge in [-0.05, 0) is 12.5 Å². The number of aryl methyl sites for hydroxylation is 1. The van der Waals surface area contributed by atoms with Crippen molar-refractivity contribution in [2.45, 2.75) is 19.4 Å². The highest BCUT2D eigenvalue weighted by Crippen LogP contribution is 2.06. The molecule has 1 aromatic rings. The zero-order chi connectivity index (χ0) is 13.9. The number of amides is 1. The average Bonchev–Trinajstić information content (AvgIpc) is 2.32. The molecule has 0 aliphatic carbocycles. The van der Waals surface area contributed by atoms with Crippen LogP contribution in [0.25, 0.3) is 0 Å². The second-order valence-electron chi connectivity index (χ2n) is 3.86. The topological polar surface area (TPSA) is 92.5 Å². The van der Waals surface area contributed by atoms with E-state index in [0.717, 1.165) is 9.58 Å². The number of hydrogen-bond donors (Lipinski definition) is 1. The first kappa shape index (κ1) is 13.9. The number of aliphatic carboxylic acids is 1. The highest BCUT2D eigenvalue weighted by atomic mass is 16.4. The predicted octanol–water partition coefficient (Wildman–Crippen LogP) is -0.284. The van der Waals surface area contributed by atoms with Crippen LogP contribution in [0.1, 0.15) is 23.8 Å². The summed E-state index contributed by atoms with van der Waals surface area (Å²) in [6.45, 7) is 1.68. The number of carbonyl (C=O) groups is 2. The molecular formula is C11H15N3O4. The Morgan fingerprint density at radius 3 is 2.56 bits per heavy atom. The van der Waals surface area contributed by atoms with Crippen LogP contribution in [0.2, 0.25) is 0 Å². The van der Waals surface area contributed by atoms with Crippen molar-refractivity contribution in [3.8, 4) is 0 Å². The van der Waals surface area contributed by atoms with E-state index in [4.69, 9.17) is 5.11 Å². The van der Waals surface area contributed by atoms with E-state index in [2.05, 4.69) is 5.10 Å². The molecule has 0 aliphatic heterocycles. The number of hydrogen-bond acceptors (Lipinski definition) is 4. The molecule has 0 saturated carbocycles. The van der Waals surface area contributed by atoms with Crippen molar-refractivity contribution in [3.63, 3.8) is 0 Å². The van der Waals surface area contributed by atoms with Crippen molar-refractivity contribution in [2.75, 3.05) is 7.05 Å². The molecule has 1 unspecified atom stereocenters. The van der Waals surface area contributed by atoms with Crippen LogP contribution in [0.5, 0.6) is 0 Å². The summed E-state index contributed by atoms with van der Waals surface area (Å²) in [5, 5.41) is 12.8. The maximum absolute atomic E-state index is 12.0. The number of likely N-dealkylation sites (N-methyl/N-ethyl adjacent to an activating group) is 1. The largest absolute Gasteiger partial charge is 0.480 e. The molecule has 1 atom stereocenters. The number of carbonyl (C=O) groups excluding carboxylic acids is 1. The molecule has 1 rings (SSSR count). The van der Waals surface area contributed by atoms with E-state index in [1.165, 1.54) is 26.2 Å². The van der Waals surface area contributed by atoms with Gasteiger partial charge in [-0.15, -0.1) is 0 Å². The van der Waals surface area contributed by atoms with Crippen molar-refractivity contribution >= 4 is 11.9 Å². The van der Waals surface area contributed by atoms with Gasteiger partial charge in [-0.2, -0.15) is 5.10 Å². The van der Waals surface area contributed by atoms with Crippen molar-refractivity contribution in [3.05, 3.63) is 28.2 Å². The number of nitrogens with zero attached hydrogens (tertiary/aromatic N) is 3. The zero-order valence-corrected chi connectivity index (χ0v) is 10.5. The van der Waals surface area contributed by atoms with Crippen molar-refractivity contribution < 1.29 is 14.7 Å². The molecule has 1 aromatic heterocycles. The quantitative estimate of drug-likeness (QED) is 0.796. The molecule has 7 nitrogen and oxygen atoms in total. The van der Waals surface area contributed by atoms with Crippen LogP contribution in [0.15, 0.2) is 16.9 Å². The van der Waals surface area contributed by atoms with Crippen LogP contribution in [0.3, 0.4) is 0 Å². The van der Waals surface area contributed by atoms with Gasteiger partial charge >= 0.3 is 5.97 Å². The van der Waals surface area contributed by atoms with Crippen LogP contribution in [0, 0.1) is 0 Å². The molecule has 0 radical (unpaired) electrons. The summed E-state index contributed by atoms with van der Waals surface area (Å²) in [6, 6.07) is 1.60. The number of carboxylic acids is 1. The minimum Gasteiger partial charge on any atom is -0.480 e. The molecule has 0 bridgehead atoms. The summed E-state index contributed by atoms with van der Waals surface area (Å²) in [6.07, 6.45) is 0.295. The zero-order valence-electron chi connectivity index (χ0n) is 10.5. The van der Waals surface area contributed by atoms with Gasteiger partial charge in [-0.3, -0.25) is 9.59 Å². The third kappa shape index (κ3) is 2.73. The lowest BCUT2D eigenvalue weighted by atomic mass is 10.2. The van der Waals surface area contributed by atoms with Crippen LogP contribution < -0.4 is 5.56 Å². The van der Waals surface area contributed by atoms with Gasteiger partial charge in [0, 0.05) is 20.2 Å². The van der Waals surface area contributed by atoms with E-state index in [0.29, 0.717) is 6.42 Å². The summed E-state index contributed by atoms with van der Waals surface area (Å²) in [7, 11) is 2.82. The van der Waals surface area contributed by atoms with Gasteiger partial charge in [0.25, 0.3) is 11.5 Å². The van der Waals surface area contributed by atoms with E-state index in [1.807, 2.05) is 0 Å². The molecule has 98 valence electrons. The minimum atomic E-state index is -1.07. The van der Waals surface area contributed by atoms with Gasteiger partial charge in [0.2, 0.25) is 0 Å². The lowest BCUT2D eigenvalue weighted by molar-refractivity contribution is -0.142. The second kappa shape index (κ2) is 5.44.